The summed E-state index contributed by atoms with van der Waals surface area (Å²) in [6.07, 6.45) is 0. The lowest BCUT2D eigenvalue weighted by molar-refractivity contribution is 0.0991. The summed E-state index contributed by atoms with van der Waals surface area (Å²) >= 11 is 6.37. The Kier molecular flexibility index (Phi) is 5.59. The molecule has 0 saturated carbocycles. The molecular weight excluding hydrogens is 401 g/mol. The first kappa shape index (κ1) is 19.2. The number of morpholine rings is 1. The molecule has 4 rings (SSSR count). The number of nitrogens with zero attached hydrogens (tertiary/aromatic N) is 3. The van der Waals surface area contributed by atoms with Crippen LogP contribution in [0.5, 0.6) is 0 Å². The minimum Gasteiger partial charge on any atom is -0.399 e. The molecular formula is C19H17ClFN5O3. The summed E-state index contributed by atoms with van der Waals surface area (Å²) in [5.74, 6) is -1.35. The van der Waals surface area contributed by atoms with Gasteiger partial charge in [0.2, 0.25) is 0 Å². The van der Waals surface area contributed by atoms with Crippen molar-refractivity contribution in [2.24, 2.45) is 0 Å². The topological polar surface area (TPSA) is 92.5 Å². The van der Waals surface area contributed by atoms with Gasteiger partial charge in [0.1, 0.15) is 5.82 Å². The van der Waals surface area contributed by atoms with Crippen molar-refractivity contribution in [2.45, 2.75) is 0 Å². The van der Waals surface area contributed by atoms with Crippen LogP contribution in [0, 0.1) is 5.82 Å². The highest BCUT2D eigenvalue weighted by molar-refractivity contribution is 6.33. The molecule has 0 spiro atoms. The van der Waals surface area contributed by atoms with E-state index >= 15 is 0 Å². The van der Waals surface area contributed by atoms with E-state index in [4.69, 9.17) is 20.8 Å². The smallest absolute Gasteiger partial charge is 0.320 e. The molecule has 1 amide bonds. The summed E-state index contributed by atoms with van der Waals surface area (Å²) in [7, 11) is 0. The third-order valence-corrected chi connectivity index (χ3v) is 4.59. The molecule has 0 bridgehead atoms. The largest absolute Gasteiger partial charge is 0.399 e. The van der Waals surface area contributed by atoms with E-state index in [1.165, 1.54) is 12.1 Å². The molecule has 3 aromatic rings. The van der Waals surface area contributed by atoms with Crippen LogP contribution in [-0.4, -0.2) is 42.4 Å². The number of aromatic nitrogens is 2. The zero-order valence-electron chi connectivity index (χ0n) is 15.2. The molecule has 1 fully saturated rings. The fourth-order valence-electron chi connectivity index (χ4n) is 2.87. The standard InChI is InChI=1S/C19H17ClFN5O3/c20-13-11-12(5-6-16(13)26-7-9-28-10-8-26)22-17(27)18-24-25-19(29-18)23-15-4-2-1-3-14(15)21/h1-6,11H,7-10H2,(H,22,27)(H,23,25). The summed E-state index contributed by atoms with van der Waals surface area (Å²) in [5, 5.41) is 13.2. The number of hydrogen-bond acceptors (Lipinski definition) is 7. The predicted molar refractivity (Wildman–Crippen MR) is 106 cm³/mol. The Bertz CT molecular complexity index is 1020. The average Bonchev–Trinajstić information content (AvgIpc) is 3.19. The van der Waals surface area contributed by atoms with Gasteiger partial charge in [0.15, 0.2) is 0 Å². The maximum Gasteiger partial charge on any atom is 0.320 e. The van der Waals surface area contributed by atoms with E-state index in [2.05, 4.69) is 25.7 Å². The van der Waals surface area contributed by atoms with Crippen molar-refractivity contribution in [2.75, 3.05) is 41.8 Å². The van der Waals surface area contributed by atoms with Crippen molar-refractivity contribution in [3.63, 3.8) is 0 Å². The van der Waals surface area contributed by atoms with Gasteiger partial charge in [-0.15, -0.1) is 5.10 Å². The summed E-state index contributed by atoms with van der Waals surface area (Å²) in [4.78, 5) is 14.5. The van der Waals surface area contributed by atoms with Crippen molar-refractivity contribution in [1.82, 2.24) is 10.2 Å². The van der Waals surface area contributed by atoms with Crippen LogP contribution in [0.15, 0.2) is 46.9 Å². The van der Waals surface area contributed by atoms with Gasteiger partial charge >= 0.3 is 17.8 Å². The first-order valence-electron chi connectivity index (χ1n) is 8.89. The molecule has 0 aliphatic carbocycles. The number of halogens is 2. The van der Waals surface area contributed by atoms with Crippen molar-refractivity contribution in [1.29, 1.82) is 0 Å². The Morgan fingerprint density at radius 1 is 1.14 bits per heavy atom. The van der Waals surface area contributed by atoms with Crippen molar-refractivity contribution >= 4 is 40.6 Å². The number of para-hydroxylation sites is 1. The Hall–Kier alpha value is -3.17. The fraction of sp³-hybridized carbons (Fsp3) is 0.211. The van der Waals surface area contributed by atoms with Crippen LogP contribution in [0.3, 0.4) is 0 Å². The van der Waals surface area contributed by atoms with Crippen LogP contribution in [0.2, 0.25) is 5.02 Å². The van der Waals surface area contributed by atoms with Crippen LogP contribution in [0.4, 0.5) is 27.5 Å². The van der Waals surface area contributed by atoms with Crippen molar-refractivity contribution in [3.8, 4) is 0 Å². The van der Waals surface area contributed by atoms with Crippen LogP contribution in [0.1, 0.15) is 10.7 Å². The molecule has 1 aliphatic rings. The van der Waals surface area contributed by atoms with Gasteiger partial charge in [-0.2, -0.15) is 0 Å². The van der Waals surface area contributed by atoms with E-state index in [-0.39, 0.29) is 17.6 Å². The number of carbonyl (C=O) groups excluding carboxylic acids is 1. The first-order chi connectivity index (χ1) is 14.1. The third kappa shape index (κ3) is 4.47. The summed E-state index contributed by atoms with van der Waals surface area (Å²) in [6, 6.07) is 11.1. The molecule has 0 radical (unpaired) electrons. The second-order valence-electron chi connectivity index (χ2n) is 6.24. The van der Waals surface area contributed by atoms with Crippen molar-refractivity contribution in [3.05, 3.63) is 59.2 Å². The number of benzene rings is 2. The van der Waals surface area contributed by atoms with Crippen LogP contribution < -0.4 is 15.5 Å². The molecule has 1 aromatic heterocycles. The predicted octanol–water partition coefficient (Wildman–Crippen LogP) is 3.69. The monoisotopic (exact) mass is 417 g/mol. The maximum absolute atomic E-state index is 13.7. The van der Waals surface area contributed by atoms with Gasteiger partial charge in [0.05, 0.1) is 29.6 Å². The fourth-order valence-corrected chi connectivity index (χ4v) is 3.17. The van der Waals surface area contributed by atoms with E-state index in [0.29, 0.717) is 23.9 Å². The Balaban J connectivity index is 1.42. The molecule has 2 aromatic carbocycles. The van der Waals surface area contributed by atoms with Gasteiger partial charge in [-0.25, -0.2) is 4.39 Å². The lowest BCUT2D eigenvalue weighted by atomic mass is 10.2. The second kappa shape index (κ2) is 8.46. The van der Waals surface area contributed by atoms with Gasteiger partial charge in [0, 0.05) is 18.8 Å². The highest BCUT2D eigenvalue weighted by Gasteiger charge is 2.18. The first-order valence-corrected chi connectivity index (χ1v) is 9.26. The number of anilines is 4. The van der Waals surface area contributed by atoms with Crippen LogP contribution in [0.25, 0.3) is 0 Å². The number of hydrogen-bond donors (Lipinski definition) is 2. The second-order valence-corrected chi connectivity index (χ2v) is 6.64. The zero-order valence-corrected chi connectivity index (χ0v) is 15.9. The molecule has 29 heavy (non-hydrogen) atoms. The van der Waals surface area contributed by atoms with Crippen LogP contribution >= 0.6 is 11.6 Å². The molecule has 2 heterocycles. The number of ether oxygens (including phenoxy) is 1. The number of carbonyl (C=O) groups is 1. The van der Waals surface area contributed by atoms with Gasteiger partial charge in [0.25, 0.3) is 0 Å². The number of rotatable bonds is 5. The Morgan fingerprint density at radius 3 is 2.69 bits per heavy atom. The van der Waals surface area contributed by atoms with E-state index in [9.17, 15) is 9.18 Å². The average molecular weight is 418 g/mol. The minimum absolute atomic E-state index is 0.0963. The third-order valence-electron chi connectivity index (χ3n) is 4.29. The zero-order chi connectivity index (χ0) is 20.2. The molecule has 0 unspecified atom stereocenters. The molecule has 150 valence electrons. The van der Waals surface area contributed by atoms with Gasteiger partial charge in [-0.1, -0.05) is 28.8 Å². The number of nitrogens with one attached hydrogen (secondary N) is 2. The molecule has 0 atom stereocenters. The molecule has 10 heteroatoms. The normalized spacial score (nSPS) is 13.9. The molecule has 8 nitrogen and oxygen atoms in total. The van der Waals surface area contributed by atoms with Crippen molar-refractivity contribution < 1.29 is 18.3 Å². The van der Waals surface area contributed by atoms with E-state index < -0.39 is 11.7 Å². The summed E-state index contributed by atoms with van der Waals surface area (Å²) in [5.41, 5.74) is 1.52. The van der Waals surface area contributed by atoms with E-state index in [0.717, 1.165) is 18.8 Å². The van der Waals surface area contributed by atoms with Crippen LogP contribution in [-0.2, 0) is 4.74 Å². The highest BCUT2D eigenvalue weighted by atomic mass is 35.5. The molecule has 1 saturated heterocycles. The SMILES string of the molecule is O=C(Nc1ccc(N2CCOCC2)c(Cl)c1)c1nnc(Nc2ccccc2F)o1. The highest BCUT2D eigenvalue weighted by Crippen LogP contribution is 2.29. The molecule has 1 aliphatic heterocycles. The van der Waals surface area contributed by atoms with Gasteiger partial charge in [-0.05, 0) is 30.3 Å². The molecule has 2 N–H and O–H groups in total. The van der Waals surface area contributed by atoms with Gasteiger partial charge in [-0.3, -0.25) is 4.79 Å². The maximum atomic E-state index is 13.7. The minimum atomic E-state index is -0.603. The number of amides is 1. The quantitative estimate of drug-likeness (QED) is 0.653. The van der Waals surface area contributed by atoms with Gasteiger partial charge < -0.3 is 24.7 Å². The van der Waals surface area contributed by atoms with E-state index in [1.54, 1.807) is 24.3 Å². The van der Waals surface area contributed by atoms with E-state index in [1.807, 2.05) is 6.07 Å². The Morgan fingerprint density at radius 2 is 1.93 bits per heavy atom. The Labute approximate surface area is 170 Å². The summed E-state index contributed by atoms with van der Waals surface area (Å²) in [6.45, 7) is 2.81. The lowest BCUT2D eigenvalue weighted by Gasteiger charge is -2.29. The lowest BCUT2D eigenvalue weighted by Crippen LogP contribution is -2.36. The summed E-state index contributed by atoms with van der Waals surface area (Å²) < 4.78 is 24.3.